The number of nitrogens with one attached hydrogen (secondary N) is 1. The molecule has 4 N–H and O–H groups in total. The number of esters is 1. The largest absolute Gasteiger partial charge is 0.611 e. The highest BCUT2D eigenvalue weighted by Gasteiger charge is 2.28. The molecule has 3 aromatic rings. The summed E-state index contributed by atoms with van der Waals surface area (Å²) in [6.45, 7) is 0.484. The molecule has 0 bridgehead atoms. The molecular weight excluding hydrogens is 536 g/mol. The summed E-state index contributed by atoms with van der Waals surface area (Å²) in [4.78, 5) is 21.7. The lowest BCUT2D eigenvalue weighted by atomic mass is 10.1. The quantitative estimate of drug-likeness (QED) is 0.154. The van der Waals surface area contributed by atoms with Crippen LogP contribution in [0.3, 0.4) is 0 Å². The van der Waals surface area contributed by atoms with E-state index < -0.39 is 52.3 Å². The van der Waals surface area contributed by atoms with E-state index >= 15 is 4.39 Å². The van der Waals surface area contributed by atoms with E-state index in [1.165, 1.54) is 43.5 Å². The lowest BCUT2D eigenvalue weighted by Gasteiger charge is -2.22. The number of nitrogen functional groups attached to an aromatic ring is 1. The third kappa shape index (κ3) is 6.08. The van der Waals surface area contributed by atoms with Gasteiger partial charge in [-0.2, -0.15) is 4.39 Å². The molecule has 2 heterocycles. The Labute approximate surface area is 224 Å². The molecule has 14 heteroatoms. The molecule has 1 aliphatic rings. The van der Waals surface area contributed by atoms with Gasteiger partial charge < -0.3 is 29.6 Å². The minimum absolute atomic E-state index is 0.00101. The Hall–Kier alpha value is -4.27. The molecule has 0 spiro atoms. The smallest absolute Gasteiger partial charge is 0.356 e. The van der Waals surface area contributed by atoms with Gasteiger partial charge in [0.2, 0.25) is 17.3 Å². The fourth-order valence-corrected chi connectivity index (χ4v) is 4.57. The van der Waals surface area contributed by atoms with E-state index in [-0.39, 0.29) is 33.5 Å². The van der Waals surface area contributed by atoms with Gasteiger partial charge in [0, 0.05) is 30.0 Å². The van der Waals surface area contributed by atoms with Gasteiger partial charge in [-0.05, 0) is 48.6 Å². The summed E-state index contributed by atoms with van der Waals surface area (Å²) in [5.74, 6) is -6.05. The number of methoxy groups -OCH3 is 1. The van der Waals surface area contributed by atoms with Gasteiger partial charge in [0.15, 0.2) is 22.2 Å². The molecule has 204 valence electrons. The second kappa shape index (κ2) is 11.6. The molecule has 0 aliphatic carbocycles. The highest BCUT2D eigenvalue weighted by molar-refractivity contribution is 7.92. The Morgan fingerprint density at radius 2 is 2.03 bits per heavy atom. The number of rotatable bonds is 9. The van der Waals surface area contributed by atoms with Crippen LogP contribution in [0, 0.1) is 17.0 Å². The molecular formula is C25H23F2N5O6S. The van der Waals surface area contributed by atoms with Gasteiger partial charge in [-0.15, -0.1) is 0 Å². The molecule has 0 saturated carbocycles. The zero-order chi connectivity index (χ0) is 28.3. The summed E-state index contributed by atoms with van der Waals surface area (Å²) < 4.78 is 58.5. The van der Waals surface area contributed by atoms with Crippen LogP contribution in [0.5, 0.6) is 28.9 Å². The molecule has 1 aliphatic heterocycles. The van der Waals surface area contributed by atoms with Crippen LogP contribution in [-0.2, 0) is 20.7 Å². The summed E-state index contributed by atoms with van der Waals surface area (Å²) in [7, 11) is 2.95. The SMILES string of the molecule is COC(=O)C[S+]([O-])c1ccc(Oc2c(F)cnc(Oc3cc(C(=N)N)ccc3O)c2F)c(C2N=CCN2C)c1. The third-order valence-electron chi connectivity index (χ3n) is 5.62. The maximum atomic E-state index is 15.4. The van der Waals surface area contributed by atoms with Crippen molar-refractivity contribution in [1.29, 1.82) is 5.41 Å². The number of carbonyl (C=O) groups excluding carboxylic acids is 1. The number of nitrogens with two attached hydrogens (primary N) is 1. The predicted molar refractivity (Wildman–Crippen MR) is 137 cm³/mol. The Kier molecular flexibility index (Phi) is 8.28. The molecule has 39 heavy (non-hydrogen) atoms. The number of hydrogen-bond donors (Lipinski definition) is 3. The molecule has 2 atom stereocenters. The zero-order valence-corrected chi connectivity index (χ0v) is 21.5. The van der Waals surface area contributed by atoms with E-state index in [1.807, 2.05) is 4.90 Å². The van der Waals surface area contributed by atoms with Crippen LogP contribution < -0.4 is 15.2 Å². The van der Waals surface area contributed by atoms with Crippen LogP contribution in [0.4, 0.5) is 8.78 Å². The molecule has 2 aromatic carbocycles. The minimum atomic E-state index is -1.76. The first-order valence-corrected chi connectivity index (χ1v) is 12.6. The predicted octanol–water partition coefficient (Wildman–Crippen LogP) is 3.23. The maximum Gasteiger partial charge on any atom is 0.356 e. The Bertz CT molecular complexity index is 1460. The minimum Gasteiger partial charge on any atom is -0.611 e. The number of hydrogen-bond acceptors (Lipinski definition) is 10. The first kappa shape index (κ1) is 27.8. The van der Waals surface area contributed by atoms with Gasteiger partial charge in [-0.25, -0.2) is 14.2 Å². The van der Waals surface area contributed by atoms with Crippen molar-refractivity contribution in [2.24, 2.45) is 10.7 Å². The molecule has 11 nitrogen and oxygen atoms in total. The molecule has 0 radical (unpaired) electrons. The van der Waals surface area contributed by atoms with Crippen LogP contribution in [0.1, 0.15) is 17.3 Å². The number of carbonyl (C=O) groups is 1. The molecule has 0 amide bonds. The first-order valence-electron chi connectivity index (χ1n) is 11.3. The van der Waals surface area contributed by atoms with Crippen LogP contribution in [0.15, 0.2) is 52.5 Å². The summed E-state index contributed by atoms with van der Waals surface area (Å²) >= 11 is -1.76. The second-order valence-electron chi connectivity index (χ2n) is 8.27. The molecule has 2 unspecified atom stereocenters. The number of aromatic nitrogens is 1. The lowest BCUT2D eigenvalue weighted by molar-refractivity contribution is -0.137. The fourth-order valence-electron chi connectivity index (χ4n) is 3.59. The number of amidine groups is 1. The van der Waals surface area contributed by atoms with E-state index in [0.717, 1.165) is 0 Å². The van der Waals surface area contributed by atoms with E-state index in [2.05, 4.69) is 14.7 Å². The van der Waals surface area contributed by atoms with E-state index in [9.17, 15) is 18.8 Å². The van der Waals surface area contributed by atoms with Gasteiger partial charge in [0.1, 0.15) is 17.8 Å². The van der Waals surface area contributed by atoms with Gasteiger partial charge in [-0.1, -0.05) is 0 Å². The van der Waals surface area contributed by atoms with Crippen LogP contribution >= 0.6 is 0 Å². The number of aromatic hydroxyl groups is 1. The Morgan fingerprint density at radius 3 is 2.69 bits per heavy atom. The second-order valence-corrected chi connectivity index (χ2v) is 9.72. The van der Waals surface area contributed by atoms with Crippen molar-refractivity contribution in [1.82, 2.24) is 9.88 Å². The Morgan fingerprint density at radius 1 is 1.26 bits per heavy atom. The highest BCUT2D eigenvalue weighted by atomic mass is 32.2. The number of benzene rings is 2. The standard InChI is InChI=1S/C25H23F2N5O6S/c1-32-8-7-30-24(32)15-10-14(39(35)12-20(34)36-2)4-6-18(15)37-22-16(26)11-31-25(21(22)27)38-19-9-13(23(28)29)3-5-17(19)33/h3-7,9-11,24,33H,8,12H2,1-2H3,(H3,28,29). The van der Waals surface area contributed by atoms with Crippen molar-refractivity contribution in [3.05, 3.63) is 65.4 Å². The van der Waals surface area contributed by atoms with E-state index in [4.69, 9.17) is 20.6 Å². The van der Waals surface area contributed by atoms with Crippen molar-refractivity contribution in [3.8, 4) is 28.9 Å². The van der Waals surface area contributed by atoms with Crippen LogP contribution in [0.25, 0.3) is 0 Å². The van der Waals surface area contributed by atoms with E-state index in [1.54, 1.807) is 13.3 Å². The normalized spacial score (nSPS) is 15.7. The molecule has 4 rings (SSSR count). The Balaban J connectivity index is 1.71. The summed E-state index contributed by atoms with van der Waals surface area (Å²) in [5, 5.41) is 17.6. The van der Waals surface area contributed by atoms with Crippen molar-refractivity contribution in [2.45, 2.75) is 11.1 Å². The summed E-state index contributed by atoms with van der Waals surface area (Å²) in [5.41, 5.74) is 5.98. The molecule has 1 aromatic heterocycles. The average molecular weight is 560 g/mol. The third-order valence-corrected chi connectivity index (χ3v) is 6.90. The maximum absolute atomic E-state index is 15.4. The molecule has 0 fully saturated rings. The summed E-state index contributed by atoms with van der Waals surface area (Å²) in [6.07, 6.45) is 1.71. The zero-order valence-electron chi connectivity index (χ0n) is 20.7. The van der Waals surface area contributed by atoms with Crippen LogP contribution in [-0.4, -0.2) is 64.0 Å². The summed E-state index contributed by atoms with van der Waals surface area (Å²) in [6, 6.07) is 8.00. The van der Waals surface area contributed by atoms with Gasteiger partial charge in [0.25, 0.3) is 5.88 Å². The van der Waals surface area contributed by atoms with Crippen molar-refractivity contribution in [3.63, 3.8) is 0 Å². The number of phenols is 1. The number of halogens is 2. The van der Waals surface area contributed by atoms with Crippen LogP contribution in [0.2, 0.25) is 0 Å². The van der Waals surface area contributed by atoms with Crippen molar-refractivity contribution in [2.75, 3.05) is 26.5 Å². The fraction of sp³-hybridized carbons (Fsp3) is 0.200. The lowest BCUT2D eigenvalue weighted by Crippen LogP contribution is -2.21. The van der Waals surface area contributed by atoms with Gasteiger partial charge in [0.05, 0.1) is 13.3 Å². The first-order chi connectivity index (χ1) is 18.6. The van der Waals surface area contributed by atoms with Crippen molar-refractivity contribution >= 4 is 29.2 Å². The number of phenolic OH excluding ortho intramolecular Hbond substituents is 1. The van der Waals surface area contributed by atoms with Crippen molar-refractivity contribution < 1.29 is 37.4 Å². The van der Waals surface area contributed by atoms with Gasteiger partial charge >= 0.3 is 5.97 Å². The molecule has 0 saturated heterocycles. The number of nitrogens with zero attached hydrogens (tertiary/aromatic N) is 3. The monoisotopic (exact) mass is 559 g/mol. The number of aliphatic imine (C=N–C) groups is 1. The average Bonchev–Trinajstić information content (AvgIpc) is 3.34. The number of pyridine rings is 1. The van der Waals surface area contributed by atoms with Gasteiger partial charge in [-0.3, -0.25) is 15.3 Å². The number of ether oxygens (including phenoxy) is 3. The van der Waals surface area contributed by atoms with E-state index in [0.29, 0.717) is 18.3 Å². The topological polar surface area (TPSA) is 166 Å². The highest BCUT2D eigenvalue weighted by Crippen LogP contribution is 2.40.